The number of hydrogen-bond acceptors (Lipinski definition) is 7. The molecule has 0 amide bonds. The molecule has 4 unspecified atom stereocenters. The summed E-state index contributed by atoms with van der Waals surface area (Å²) in [4.78, 5) is 25.9. The van der Waals surface area contributed by atoms with Gasteiger partial charge >= 0.3 is 5.97 Å². The summed E-state index contributed by atoms with van der Waals surface area (Å²) in [5.41, 5.74) is 5.28. The van der Waals surface area contributed by atoms with Gasteiger partial charge in [0.1, 0.15) is 6.04 Å². The third-order valence-electron chi connectivity index (χ3n) is 3.03. The first kappa shape index (κ1) is 12.6. The van der Waals surface area contributed by atoms with Crippen molar-refractivity contribution in [2.24, 2.45) is 0 Å². The quantitative estimate of drug-likeness (QED) is 0.454. The summed E-state index contributed by atoms with van der Waals surface area (Å²) in [6, 6.07) is -1.30. The van der Waals surface area contributed by atoms with E-state index in [0.717, 1.165) is 0 Å². The van der Waals surface area contributed by atoms with Gasteiger partial charge in [0.15, 0.2) is 0 Å². The molecule has 1 aliphatic heterocycles. The van der Waals surface area contributed by atoms with E-state index < -0.39 is 18.1 Å². The van der Waals surface area contributed by atoms with Crippen molar-refractivity contribution in [3.8, 4) is 0 Å². The molecule has 17 heavy (non-hydrogen) atoms. The Bertz CT molecular complexity index is 328. The van der Waals surface area contributed by atoms with Crippen molar-refractivity contribution in [3.63, 3.8) is 0 Å². The minimum Gasteiger partial charge on any atom is -0.481 e. The van der Waals surface area contributed by atoms with Gasteiger partial charge in [-0.2, -0.15) is 11.0 Å². The van der Waals surface area contributed by atoms with Crippen LogP contribution in [0.1, 0.15) is 12.8 Å². The maximum absolute atomic E-state index is 10.9. The molecule has 2 fully saturated rings. The van der Waals surface area contributed by atoms with E-state index in [0.29, 0.717) is 12.8 Å². The largest absolute Gasteiger partial charge is 0.481 e. The summed E-state index contributed by atoms with van der Waals surface area (Å²) < 4.78 is 0. The van der Waals surface area contributed by atoms with Crippen LogP contribution in [0.3, 0.4) is 0 Å². The van der Waals surface area contributed by atoms with E-state index in [1.54, 1.807) is 0 Å². The second-order valence-electron chi connectivity index (χ2n) is 4.06. The number of hydroxylamine groups is 2. The molecule has 0 spiro atoms. The van der Waals surface area contributed by atoms with Gasteiger partial charge in [0.2, 0.25) is 6.04 Å². The second-order valence-corrected chi connectivity index (χ2v) is 5.29. The Kier molecular flexibility index (Phi) is 3.82. The molecule has 0 aromatic carbocycles. The maximum Gasteiger partial charge on any atom is 0.313 e. The van der Waals surface area contributed by atoms with Gasteiger partial charge in [0.25, 0.3) is 0 Å². The molecule has 8 nitrogen and oxygen atoms in total. The van der Waals surface area contributed by atoms with Crippen LogP contribution in [0, 0.1) is 10.1 Å². The Balaban J connectivity index is 1.99. The lowest BCUT2D eigenvalue weighted by Gasteiger charge is -2.32. The number of carbonyl (C=O) groups is 1. The van der Waals surface area contributed by atoms with Crippen LogP contribution in [0.15, 0.2) is 0 Å². The van der Waals surface area contributed by atoms with Crippen molar-refractivity contribution in [2.45, 2.75) is 36.2 Å². The molecule has 2 rings (SSSR count). The highest BCUT2D eigenvalue weighted by molar-refractivity contribution is 8.00. The minimum absolute atomic E-state index is 0.00129. The highest BCUT2D eigenvalue weighted by Crippen LogP contribution is 2.32. The van der Waals surface area contributed by atoms with E-state index in [1.165, 1.54) is 11.8 Å². The van der Waals surface area contributed by atoms with Crippen LogP contribution in [0.5, 0.6) is 0 Å². The van der Waals surface area contributed by atoms with E-state index in [1.807, 2.05) is 0 Å². The molecule has 0 aromatic rings. The summed E-state index contributed by atoms with van der Waals surface area (Å²) in [7, 11) is 0. The zero-order valence-electron chi connectivity index (χ0n) is 8.87. The highest BCUT2D eigenvalue weighted by atomic mass is 32.2. The van der Waals surface area contributed by atoms with Gasteiger partial charge in [0, 0.05) is 16.6 Å². The molecule has 96 valence electrons. The lowest BCUT2D eigenvalue weighted by Crippen LogP contribution is -2.55. The first-order valence-corrected chi connectivity index (χ1v) is 6.28. The third-order valence-corrected chi connectivity index (χ3v) is 4.40. The number of carboxylic acid groups (broad SMARTS) is 1. The van der Waals surface area contributed by atoms with Crippen LogP contribution in [-0.2, 0) is 9.73 Å². The Hall–Kier alpha value is -0.900. The average molecular weight is 263 g/mol. The summed E-state index contributed by atoms with van der Waals surface area (Å²) >= 11 is 1.29. The van der Waals surface area contributed by atoms with Crippen molar-refractivity contribution < 1.29 is 19.8 Å². The monoisotopic (exact) mass is 263 g/mol. The van der Waals surface area contributed by atoms with Crippen LogP contribution in [0.25, 0.3) is 0 Å². The van der Waals surface area contributed by atoms with Crippen LogP contribution in [0.4, 0.5) is 0 Å². The Morgan fingerprint density at radius 1 is 1.47 bits per heavy atom. The fraction of sp³-hybridized carbons (Fsp3) is 0.875. The Morgan fingerprint density at radius 3 is 2.82 bits per heavy atom. The molecule has 1 heterocycles. The zero-order valence-corrected chi connectivity index (χ0v) is 9.68. The molecule has 1 saturated carbocycles. The standard InChI is InChI=1S/C8H13N3O5S/c12-6(13)3-17-5-2-1-4(11(14)15)7-8(5)10-16-9-7/h4-5,7-10H,1-3H2,(H,12,13). The molecular formula is C8H13N3O5S. The third kappa shape index (κ3) is 2.68. The minimum atomic E-state index is -0.880. The zero-order chi connectivity index (χ0) is 12.4. The predicted octanol–water partition coefficient (Wildman–Crippen LogP) is -0.611. The summed E-state index contributed by atoms with van der Waals surface area (Å²) in [6.45, 7) is 0. The number of fused-ring (bicyclic) bond motifs is 1. The molecule has 0 bridgehead atoms. The fourth-order valence-electron chi connectivity index (χ4n) is 2.24. The molecule has 3 N–H and O–H groups in total. The van der Waals surface area contributed by atoms with Crippen LogP contribution >= 0.6 is 11.8 Å². The maximum atomic E-state index is 10.9. The Morgan fingerprint density at radius 2 is 2.18 bits per heavy atom. The topological polar surface area (TPSA) is 114 Å². The molecule has 0 aromatic heterocycles. The van der Waals surface area contributed by atoms with Crippen molar-refractivity contribution in [1.29, 1.82) is 0 Å². The van der Waals surface area contributed by atoms with Crippen molar-refractivity contribution in [2.75, 3.05) is 5.75 Å². The first-order valence-electron chi connectivity index (χ1n) is 5.23. The predicted molar refractivity (Wildman–Crippen MR) is 58.8 cm³/mol. The number of thioether (sulfide) groups is 1. The summed E-state index contributed by atoms with van der Waals surface area (Å²) in [5.74, 6) is -0.881. The van der Waals surface area contributed by atoms with Gasteiger partial charge in [-0.15, -0.1) is 11.8 Å². The number of nitro groups is 1. The van der Waals surface area contributed by atoms with Gasteiger partial charge in [-0.25, -0.2) is 4.94 Å². The average Bonchev–Trinajstić information content (AvgIpc) is 2.73. The molecule has 4 atom stereocenters. The summed E-state index contributed by atoms with van der Waals surface area (Å²) in [6.07, 6.45) is 1.05. The molecule has 2 aliphatic rings. The van der Waals surface area contributed by atoms with Crippen LogP contribution < -0.4 is 11.0 Å². The summed E-state index contributed by atoms with van der Waals surface area (Å²) in [5, 5.41) is 19.5. The van der Waals surface area contributed by atoms with Gasteiger partial charge in [0.05, 0.1) is 11.8 Å². The number of aliphatic carboxylic acids is 1. The normalized spacial score (nSPS) is 36.5. The van der Waals surface area contributed by atoms with Crippen LogP contribution in [0.2, 0.25) is 0 Å². The number of hydrogen-bond donors (Lipinski definition) is 3. The fourth-order valence-corrected chi connectivity index (χ4v) is 3.33. The molecule has 9 heteroatoms. The lowest BCUT2D eigenvalue weighted by atomic mass is 9.87. The molecule has 1 saturated heterocycles. The SMILES string of the molecule is O=C(O)CSC1CCC([N+](=O)[O-])C2NONC12. The highest BCUT2D eigenvalue weighted by Gasteiger charge is 2.49. The van der Waals surface area contributed by atoms with Gasteiger partial charge < -0.3 is 5.11 Å². The van der Waals surface area contributed by atoms with E-state index in [-0.39, 0.29) is 22.0 Å². The van der Waals surface area contributed by atoms with Gasteiger partial charge in [-0.3, -0.25) is 14.9 Å². The van der Waals surface area contributed by atoms with Gasteiger partial charge in [-0.1, -0.05) is 0 Å². The number of nitrogens with zero attached hydrogens (tertiary/aromatic N) is 1. The van der Waals surface area contributed by atoms with Crippen molar-refractivity contribution in [1.82, 2.24) is 11.0 Å². The number of nitrogens with one attached hydrogen (secondary N) is 2. The van der Waals surface area contributed by atoms with Crippen LogP contribution in [-0.4, -0.2) is 45.1 Å². The van der Waals surface area contributed by atoms with E-state index >= 15 is 0 Å². The van der Waals surface area contributed by atoms with E-state index in [9.17, 15) is 14.9 Å². The van der Waals surface area contributed by atoms with Crippen molar-refractivity contribution in [3.05, 3.63) is 10.1 Å². The van der Waals surface area contributed by atoms with Crippen molar-refractivity contribution >= 4 is 17.7 Å². The first-order chi connectivity index (χ1) is 8.09. The molecular weight excluding hydrogens is 250 g/mol. The molecule has 0 radical (unpaired) electrons. The lowest BCUT2D eigenvalue weighted by molar-refractivity contribution is -0.530. The molecule has 1 aliphatic carbocycles. The Labute approximate surface area is 101 Å². The number of rotatable bonds is 4. The number of carboxylic acids is 1. The van der Waals surface area contributed by atoms with Gasteiger partial charge in [-0.05, 0) is 6.42 Å². The second kappa shape index (κ2) is 5.17. The van der Waals surface area contributed by atoms with E-state index in [4.69, 9.17) is 10.0 Å². The smallest absolute Gasteiger partial charge is 0.313 e. The van der Waals surface area contributed by atoms with E-state index in [2.05, 4.69) is 11.0 Å².